The van der Waals surface area contributed by atoms with Gasteiger partial charge in [0.15, 0.2) is 5.65 Å². The number of carbonyl (C=O) groups is 1. The number of anilines is 1. The van der Waals surface area contributed by atoms with Gasteiger partial charge in [-0.2, -0.15) is 14.7 Å². The van der Waals surface area contributed by atoms with Gasteiger partial charge in [-0.3, -0.25) is 9.89 Å². The number of H-pyrrole nitrogens is 1. The quantitative estimate of drug-likeness (QED) is 0.591. The number of nitrogen functional groups attached to an aromatic ring is 1. The van der Waals surface area contributed by atoms with Crippen molar-refractivity contribution in [3.05, 3.63) is 24.3 Å². The first-order valence-electron chi connectivity index (χ1n) is 8.42. The minimum Gasteiger partial charge on any atom is -0.481 e. The van der Waals surface area contributed by atoms with E-state index in [-0.39, 0.29) is 11.8 Å². The van der Waals surface area contributed by atoms with E-state index in [2.05, 4.69) is 15.3 Å². The van der Waals surface area contributed by atoms with Crippen LogP contribution < -0.4 is 11.2 Å². The minimum absolute atomic E-state index is 0.231. The van der Waals surface area contributed by atoms with Crippen LogP contribution >= 0.6 is 0 Å². The van der Waals surface area contributed by atoms with Gasteiger partial charge >= 0.3 is 5.97 Å². The van der Waals surface area contributed by atoms with Crippen LogP contribution in [0.5, 0.6) is 0 Å². The maximum absolute atomic E-state index is 11.2. The monoisotopic (exact) mass is 338 g/mol. The molecule has 0 radical (unpaired) electrons. The molecule has 0 aromatic carbocycles. The van der Waals surface area contributed by atoms with E-state index in [1.807, 2.05) is 7.85 Å². The Morgan fingerprint density at radius 1 is 1.32 bits per heavy atom. The number of aromatic amines is 1. The van der Waals surface area contributed by atoms with Crippen molar-refractivity contribution in [2.24, 2.45) is 5.92 Å². The number of fused-ring (bicyclic) bond motifs is 1. The molecule has 0 amide bonds. The van der Waals surface area contributed by atoms with E-state index in [4.69, 9.17) is 10.7 Å². The van der Waals surface area contributed by atoms with Crippen molar-refractivity contribution in [1.29, 1.82) is 0 Å². The highest BCUT2D eigenvalue weighted by Gasteiger charge is 2.29. The lowest BCUT2D eigenvalue weighted by molar-refractivity contribution is -0.142. The summed E-state index contributed by atoms with van der Waals surface area (Å²) in [6.07, 6.45) is 8.26. The molecule has 1 fully saturated rings. The summed E-state index contributed by atoms with van der Waals surface area (Å²) in [7, 11) is 1.96. The predicted octanol–water partition coefficient (Wildman–Crippen LogP) is 0.318. The van der Waals surface area contributed by atoms with Crippen LogP contribution in [-0.2, 0) is 4.79 Å². The third-order valence-electron chi connectivity index (χ3n) is 5.24. The van der Waals surface area contributed by atoms with Crippen LogP contribution in [-0.4, -0.2) is 43.7 Å². The summed E-state index contributed by atoms with van der Waals surface area (Å²) in [5.74, 6) is -0.129. The molecule has 0 spiro atoms. The standard InChI is InChI=1S/C16H19BN6O2/c17-12-13(8-1-3-9(4-2-8)16(24)25)22-15-11(10-5-19-20-6-10)7-21-23(15)14(12)18/h5-9H,1-4,17-18H2,(H,19,20)(H,24,25)/t8-,9-. The number of rotatable bonds is 3. The Morgan fingerprint density at radius 2 is 2.08 bits per heavy atom. The van der Waals surface area contributed by atoms with Gasteiger partial charge in [-0.15, -0.1) is 0 Å². The predicted molar refractivity (Wildman–Crippen MR) is 95.5 cm³/mol. The summed E-state index contributed by atoms with van der Waals surface area (Å²) < 4.78 is 1.66. The van der Waals surface area contributed by atoms with Crippen molar-refractivity contribution in [3.63, 3.8) is 0 Å². The molecular formula is C16H19BN6O2. The molecule has 0 unspecified atom stereocenters. The van der Waals surface area contributed by atoms with Crippen LogP contribution in [0.25, 0.3) is 16.8 Å². The minimum atomic E-state index is -0.698. The van der Waals surface area contributed by atoms with Crippen molar-refractivity contribution in [1.82, 2.24) is 24.8 Å². The van der Waals surface area contributed by atoms with E-state index >= 15 is 0 Å². The molecular weight excluding hydrogens is 319 g/mol. The van der Waals surface area contributed by atoms with E-state index in [1.54, 1.807) is 23.1 Å². The molecule has 9 heteroatoms. The van der Waals surface area contributed by atoms with Gasteiger partial charge in [0.2, 0.25) is 0 Å². The summed E-state index contributed by atoms with van der Waals surface area (Å²) in [6, 6.07) is 0. The number of carboxylic acids is 1. The lowest BCUT2D eigenvalue weighted by atomic mass is 9.77. The number of aliphatic carboxylic acids is 1. The summed E-state index contributed by atoms with van der Waals surface area (Å²) in [6.45, 7) is 0. The first-order valence-corrected chi connectivity index (χ1v) is 8.42. The molecule has 0 atom stereocenters. The molecule has 0 bridgehead atoms. The van der Waals surface area contributed by atoms with Gasteiger partial charge in [-0.05, 0) is 31.1 Å². The van der Waals surface area contributed by atoms with Crippen LogP contribution in [0.2, 0.25) is 0 Å². The fourth-order valence-electron chi connectivity index (χ4n) is 3.73. The molecule has 4 rings (SSSR count). The van der Waals surface area contributed by atoms with Crippen LogP contribution in [0.4, 0.5) is 5.82 Å². The Hall–Kier alpha value is -2.84. The SMILES string of the molecule is Bc1c(N)n2ncc(-c3cn[nH]c3)c2nc1[C@H]1CC[C@H](C(=O)O)CC1. The summed E-state index contributed by atoms with van der Waals surface area (Å²) in [5.41, 5.74) is 10.7. The van der Waals surface area contributed by atoms with E-state index in [0.717, 1.165) is 35.1 Å². The first kappa shape index (κ1) is 15.7. The molecule has 1 saturated carbocycles. The zero-order valence-electron chi connectivity index (χ0n) is 13.9. The second-order valence-electron chi connectivity index (χ2n) is 6.67. The Labute approximate surface area is 144 Å². The van der Waals surface area contributed by atoms with Crippen molar-refractivity contribution in [3.8, 4) is 11.1 Å². The molecule has 4 N–H and O–H groups in total. The Kier molecular flexibility index (Phi) is 3.71. The van der Waals surface area contributed by atoms with E-state index in [0.29, 0.717) is 24.3 Å². The average Bonchev–Trinajstić information content (AvgIpc) is 3.27. The van der Waals surface area contributed by atoms with Crippen LogP contribution in [0, 0.1) is 5.92 Å². The first-order chi connectivity index (χ1) is 12.1. The lowest BCUT2D eigenvalue weighted by Gasteiger charge is -2.27. The number of nitrogens with two attached hydrogens (primary N) is 1. The molecule has 0 aliphatic heterocycles. The number of nitrogens with one attached hydrogen (secondary N) is 1. The van der Waals surface area contributed by atoms with Gasteiger partial charge in [-0.25, -0.2) is 4.98 Å². The van der Waals surface area contributed by atoms with Gasteiger partial charge in [0.25, 0.3) is 0 Å². The van der Waals surface area contributed by atoms with Crippen LogP contribution in [0.15, 0.2) is 18.6 Å². The van der Waals surface area contributed by atoms with Crippen molar-refractivity contribution in [2.75, 3.05) is 5.73 Å². The van der Waals surface area contributed by atoms with Gasteiger partial charge < -0.3 is 10.8 Å². The van der Waals surface area contributed by atoms with Gasteiger partial charge in [0, 0.05) is 28.9 Å². The molecule has 1 aliphatic carbocycles. The highest BCUT2D eigenvalue weighted by molar-refractivity contribution is 6.36. The number of carboxylic acid groups (broad SMARTS) is 1. The molecule has 3 aromatic rings. The number of hydrogen-bond donors (Lipinski definition) is 3. The highest BCUT2D eigenvalue weighted by atomic mass is 16.4. The lowest BCUT2D eigenvalue weighted by Crippen LogP contribution is -2.28. The number of nitrogens with zero attached hydrogens (tertiary/aromatic N) is 4. The van der Waals surface area contributed by atoms with Gasteiger partial charge in [0.1, 0.15) is 13.7 Å². The third-order valence-corrected chi connectivity index (χ3v) is 5.24. The van der Waals surface area contributed by atoms with Gasteiger partial charge in [0.05, 0.1) is 18.3 Å². The molecule has 3 heterocycles. The molecule has 1 aliphatic rings. The van der Waals surface area contributed by atoms with Crippen molar-refractivity contribution >= 4 is 30.7 Å². The van der Waals surface area contributed by atoms with Crippen LogP contribution in [0.3, 0.4) is 0 Å². The molecule has 3 aromatic heterocycles. The Balaban J connectivity index is 1.76. The smallest absolute Gasteiger partial charge is 0.306 e. The van der Waals surface area contributed by atoms with Gasteiger partial charge in [-0.1, -0.05) is 0 Å². The molecule has 128 valence electrons. The Bertz CT molecular complexity index is 928. The zero-order chi connectivity index (χ0) is 17.6. The summed E-state index contributed by atoms with van der Waals surface area (Å²) in [5, 5.41) is 20.3. The maximum atomic E-state index is 11.2. The van der Waals surface area contributed by atoms with Crippen molar-refractivity contribution < 1.29 is 9.90 Å². The average molecular weight is 338 g/mol. The Morgan fingerprint density at radius 3 is 2.72 bits per heavy atom. The van der Waals surface area contributed by atoms with E-state index in [9.17, 15) is 9.90 Å². The highest BCUT2D eigenvalue weighted by Crippen LogP contribution is 2.35. The van der Waals surface area contributed by atoms with E-state index < -0.39 is 5.97 Å². The maximum Gasteiger partial charge on any atom is 0.306 e. The second kappa shape index (κ2) is 5.91. The third kappa shape index (κ3) is 2.55. The fourth-order valence-corrected chi connectivity index (χ4v) is 3.73. The zero-order valence-corrected chi connectivity index (χ0v) is 13.9. The van der Waals surface area contributed by atoms with E-state index in [1.165, 1.54) is 0 Å². The topological polar surface area (TPSA) is 122 Å². The largest absolute Gasteiger partial charge is 0.481 e. The number of hydrogen-bond acceptors (Lipinski definition) is 5. The van der Waals surface area contributed by atoms with Crippen LogP contribution in [0.1, 0.15) is 37.3 Å². The summed E-state index contributed by atoms with van der Waals surface area (Å²) in [4.78, 5) is 16.1. The number of aromatic nitrogens is 5. The molecule has 8 nitrogen and oxygen atoms in total. The second-order valence-corrected chi connectivity index (χ2v) is 6.67. The summed E-state index contributed by atoms with van der Waals surface area (Å²) >= 11 is 0. The fraction of sp³-hybridized carbons (Fsp3) is 0.375. The normalized spacial score (nSPS) is 20.8. The molecule has 0 saturated heterocycles. The molecule has 25 heavy (non-hydrogen) atoms. The van der Waals surface area contributed by atoms with Crippen molar-refractivity contribution in [2.45, 2.75) is 31.6 Å².